The van der Waals surface area contributed by atoms with E-state index < -0.39 is 0 Å². The minimum absolute atomic E-state index is 0. The lowest BCUT2D eigenvalue weighted by Gasteiger charge is -2.42. The van der Waals surface area contributed by atoms with Crippen LogP contribution in [0.15, 0.2) is 30.3 Å². The fourth-order valence-electron chi connectivity index (χ4n) is 4.30. The lowest BCUT2D eigenvalue weighted by molar-refractivity contribution is -0.122. The number of benzene rings is 1. The number of nitrogens with zero attached hydrogens (tertiary/aromatic N) is 1. The number of ether oxygens (including phenoxy) is 1. The van der Waals surface area contributed by atoms with Gasteiger partial charge in [0.05, 0.1) is 13.2 Å². The zero-order chi connectivity index (χ0) is 18.2. The Morgan fingerprint density at radius 3 is 2.39 bits per heavy atom. The van der Waals surface area contributed by atoms with E-state index in [1.54, 1.807) is 0 Å². The van der Waals surface area contributed by atoms with Gasteiger partial charge >= 0.3 is 0 Å². The number of carbonyl (C=O) groups excluding carboxylic acids is 1. The molecule has 5 nitrogen and oxygen atoms in total. The summed E-state index contributed by atoms with van der Waals surface area (Å²) in [5.41, 5.74) is 7.43. The lowest BCUT2D eigenvalue weighted by atomic mass is 9.73. The molecule has 2 fully saturated rings. The number of hydrogen-bond acceptors (Lipinski definition) is 4. The van der Waals surface area contributed by atoms with E-state index in [1.165, 1.54) is 32.1 Å². The Morgan fingerprint density at radius 2 is 1.75 bits per heavy atom. The van der Waals surface area contributed by atoms with Gasteiger partial charge in [0, 0.05) is 44.1 Å². The van der Waals surface area contributed by atoms with Crippen molar-refractivity contribution in [3.63, 3.8) is 0 Å². The van der Waals surface area contributed by atoms with E-state index in [1.807, 2.05) is 30.3 Å². The van der Waals surface area contributed by atoms with Crippen LogP contribution in [0.25, 0.3) is 0 Å². The van der Waals surface area contributed by atoms with E-state index in [4.69, 9.17) is 10.5 Å². The van der Waals surface area contributed by atoms with Crippen LogP contribution < -0.4 is 11.1 Å². The molecule has 0 aromatic heterocycles. The van der Waals surface area contributed by atoms with Crippen LogP contribution >= 0.6 is 24.8 Å². The zero-order valence-electron chi connectivity index (χ0n) is 16.6. The van der Waals surface area contributed by atoms with Gasteiger partial charge in [-0.05, 0) is 18.4 Å². The molecular formula is C21H35Cl2N3O2. The van der Waals surface area contributed by atoms with Gasteiger partial charge in [-0.25, -0.2) is 0 Å². The van der Waals surface area contributed by atoms with Crippen LogP contribution in [0, 0.1) is 5.41 Å². The third kappa shape index (κ3) is 7.53. The molecule has 1 atom stereocenters. The number of nitrogens with one attached hydrogen (secondary N) is 1. The molecule has 1 amide bonds. The largest absolute Gasteiger partial charge is 0.379 e. The molecule has 1 unspecified atom stereocenters. The fourth-order valence-corrected chi connectivity index (χ4v) is 4.30. The summed E-state index contributed by atoms with van der Waals surface area (Å²) in [7, 11) is 0. The monoisotopic (exact) mass is 431 g/mol. The number of amides is 1. The Labute approximate surface area is 181 Å². The van der Waals surface area contributed by atoms with Crippen molar-refractivity contribution in [2.24, 2.45) is 11.1 Å². The molecule has 0 radical (unpaired) electrons. The van der Waals surface area contributed by atoms with E-state index in [-0.39, 0.29) is 42.2 Å². The number of morpholine rings is 1. The van der Waals surface area contributed by atoms with E-state index >= 15 is 0 Å². The predicted octanol–water partition coefficient (Wildman–Crippen LogP) is 3.32. The average Bonchev–Trinajstić information content (AvgIpc) is 2.69. The first-order chi connectivity index (χ1) is 12.7. The summed E-state index contributed by atoms with van der Waals surface area (Å²) >= 11 is 0. The Kier molecular flexibility index (Phi) is 11.4. The summed E-state index contributed by atoms with van der Waals surface area (Å²) in [6, 6.07) is 9.63. The summed E-state index contributed by atoms with van der Waals surface area (Å²) in [6.07, 6.45) is 6.60. The molecule has 3 N–H and O–H groups in total. The topological polar surface area (TPSA) is 67.6 Å². The number of hydrogen-bond donors (Lipinski definition) is 2. The summed E-state index contributed by atoms with van der Waals surface area (Å²) in [4.78, 5) is 15.0. The molecule has 7 heteroatoms. The lowest BCUT2D eigenvalue weighted by Crippen LogP contribution is -2.49. The van der Waals surface area contributed by atoms with Gasteiger partial charge in [0.1, 0.15) is 0 Å². The number of halogens is 2. The molecule has 1 aromatic carbocycles. The van der Waals surface area contributed by atoms with E-state index in [0.29, 0.717) is 6.42 Å². The Bertz CT molecular complexity index is 562. The van der Waals surface area contributed by atoms with Crippen LogP contribution in [0.3, 0.4) is 0 Å². The average molecular weight is 432 g/mol. The number of nitrogens with two attached hydrogens (primary N) is 1. The molecule has 0 spiro atoms. The van der Waals surface area contributed by atoms with Crippen LogP contribution in [0.4, 0.5) is 0 Å². The van der Waals surface area contributed by atoms with Gasteiger partial charge < -0.3 is 15.8 Å². The standard InChI is InChI=1S/C21H33N3O2.2ClH/c22-19(18-7-3-1-4-8-18)15-20(25)23-16-21(9-5-2-6-10-21)17-24-11-13-26-14-12-24;;/h1,3-4,7-8,19H,2,5-6,9-17,22H2,(H,23,25);2*1H. The summed E-state index contributed by atoms with van der Waals surface area (Å²) in [5, 5.41) is 3.21. The van der Waals surface area contributed by atoms with Crippen molar-refractivity contribution in [1.82, 2.24) is 10.2 Å². The van der Waals surface area contributed by atoms with Crippen LogP contribution in [0.5, 0.6) is 0 Å². The van der Waals surface area contributed by atoms with Crippen molar-refractivity contribution in [2.45, 2.75) is 44.6 Å². The quantitative estimate of drug-likeness (QED) is 0.694. The molecule has 1 saturated carbocycles. The van der Waals surface area contributed by atoms with Gasteiger partial charge in [0.15, 0.2) is 0 Å². The number of carbonyl (C=O) groups is 1. The highest BCUT2D eigenvalue weighted by atomic mass is 35.5. The third-order valence-corrected chi connectivity index (χ3v) is 5.87. The van der Waals surface area contributed by atoms with Crippen molar-refractivity contribution in [3.8, 4) is 0 Å². The second-order valence-electron chi connectivity index (χ2n) is 7.95. The van der Waals surface area contributed by atoms with Crippen LogP contribution in [-0.2, 0) is 9.53 Å². The first-order valence-electron chi connectivity index (χ1n) is 10.0. The van der Waals surface area contributed by atoms with Crippen LogP contribution in [-0.4, -0.2) is 50.2 Å². The maximum Gasteiger partial charge on any atom is 0.221 e. The van der Waals surface area contributed by atoms with Gasteiger partial charge in [-0.15, -0.1) is 24.8 Å². The normalized spacial score (nSPS) is 20.3. The number of rotatable bonds is 7. The van der Waals surface area contributed by atoms with Crippen molar-refractivity contribution < 1.29 is 9.53 Å². The Balaban J connectivity index is 0.00000196. The van der Waals surface area contributed by atoms with Gasteiger partial charge in [0.25, 0.3) is 0 Å². The van der Waals surface area contributed by atoms with E-state index in [0.717, 1.165) is 45.0 Å². The molecule has 3 rings (SSSR count). The van der Waals surface area contributed by atoms with Gasteiger partial charge in [-0.1, -0.05) is 49.6 Å². The Morgan fingerprint density at radius 1 is 1.11 bits per heavy atom. The maximum absolute atomic E-state index is 12.5. The predicted molar refractivity (Wildman–Crippen MR) is 118 cm³/mol. The summed E-state index contributed by atoms with van der Waals surface area (Å²) in [5.74, 6) is 0.0632. The smallest absolute Gasteiger partial charge is 0.221 e. The highest BCUT2D eigenvalue weighted by molar-refractivity contribution is 5.85. The Hall–Kier alpha value is -0.850. The molecule has 1 aliphatic heterocycles. The zero-order valence-corrected chi connectivity index (χ0v) is 18.2. The van der Waals surface area contributed by atoms with Crippen molar-refractivity contribution in [1.29, 1.82) is 0 Å². The summed E-state index contributed by atoms with van der Waals surface area (Å²) in [6.45, 7) is 5.51. The van der Waals surface area contributed by atoms with Gasteiger partial charge in [-0.3, -0.25) is 9.69 Å². The molecule has 2 aliphatic rings. The molecule has 160 valence electrons. The van der Waals surface area contributed by atoms with Crippen LogP contribution in [0.1, 0.15) is 50.1 Å². The van der Waals surface area contributed by atoms with E-state index in [2.05, 4.69) is 10.2 Å². The maximum atomic E-state index is 12.5. The summed E-state index contributed by atoms with van der Waals surface area (Å²) < 4.78 is 5.48. The minimum Gasteiger partial charge on any atom is -0.379 e. The van der Waals surface area contributed by atoms with Gasteiger partial charge in [0.2, 0.25) is 5.91 Å². The third-order valence-electron chi connectivity index (χ3n) is 5.87. The van der Waals surface area contributed by atoms with Gasteiger partial charge in [-0.2, -0.15) is 0 Å². The SMILES string of the molecule is Cl.Cl.NC(CC(=O)NCC1(CN2CCOCC2)CCCCC1)c1ccccc1. The molecule has 1 heterocycles. The second kappa shape index (κ2) is 12.7. The molecular weight excluding hydrogens is 397 g/mol. The highest BCUT2D eigenvalue weighted by Crippen LogP contribution is 2.36. The van der Waals surface area contributed by atoms with Crippen molar-refractivity contribution in [3.05, 3.63) is 35.9 Å². The second-order valence-corrected chi connectivity index (χ2v) is 7.95. The molecule has 28 heavy (non-hydrogen) atoms. The van der Waals surface area contributed by atoms with Crippen molar-refractivity contribution >= 4 is 30.7 Å². The highest BCUT2D eigenvalue weighted by Gasteiger charge is 2.34. The fraction of sp³-hybridized carbons (Fsp3) is 0.667. The molecule has 1 aromatic rings. The molecule has 1 saturated heterocycles. The van der Waals surface area contributed by atoms with Crippen LogP contribution in [0.2, 0.25) is 0 Å². The first-order valence-corrected chi connectivity index (χ1v) is 10.0. The van der Waals surface area contributed by atoms with Crippen molar-refractivity contribution in [2.75, 3.05) is 39.4 Å². The van der Waals surface area contributed by atoms with E-state index in [9.17, 15) is 4.79 Å². The molecule has 0 bridgehead atoms. The minimum atomic E-state index is -0.238. The molecule has 1 aliphatic carbocycles. The first kappa shape index (κ1) is 25.2.